The first-order valence-electron chi connectivity index (χ1n) is 8.69. The predicted molar refractivity (Wildman–Crippen MR) is 103 cm³/mol. The molecule has 0 saturated carbocycles. The number of fused-ring (bicyclic) bond motifs is 1. The molecule has 1 aliphatic rings. The lowest BCUT2D eigenvalue weighted by atomic mass is 10.1. The first kappa shape index (κ1) is 18.0. The first-order chi connectivity index (χ1) is 13.1. The largest absolute Gasteiger partial charge is 0.467 e. The van der Waals surface area contributed by atoms with Gasteiger partial charge in [0.05, 0.1) is 41.7 Å². The van der Waals surface area contributed by atoms with E-state index in [2.05, 4.69) is 5.32 Å². The molecule has 2 aromatic heterocycles. The number of nitrogens with zero attached hydrogens (tertiary/aromatic N) is 1. The highest BCUT2D eigenvalue weighted by Gasteiger charge is 2.28. The second-order valence-corrected chi connectivity index (χ2v) is 7.27. The Kier molecular flexibility index (Phi) is 5.14. The number of furan rings is 2. The van der Waals surface area contributed by atoms with Crippen LogP contribution in [-0.4, -0.2) is 10.9 Å². The molecule has 7 heteroatoms. The molecule has 0 saturated heterocycles. The third kappa shape index (κ3) is 3.84. The first-order valence-corrected chi connectivity index (χ1v) is 9.44. The number of carbonyl (C=O) groups excluding carboxylic acids is 1. The molecule has 1 unspecified atom stereocenters. The zero-order valence-electron chi connectivity index (χ0n) is 14.5. The van der Waals surface area contributed by atoms with Crippen molar-refractivity contribution in [1.29, 1.82) is 0 Å². The second kappa shape index (κ2) is 7.71. The Bertz CT molecular complexity index is 887. The number of urea groups is 1. The van der Waals surface area contributed by atoms with Gasteiger partial charge in [0.15, 0.2) is 0 Å². The molecule has 0 bridgehead atoms. The van der Waals surface area contributed by atoms with Crippen LogP contribution in [0.1, 0.15) is 35.1 Å². The predicted octanol–water partition coefficient (Wildman–Crippen LogP) is 5.58. The summed E-state index contributed by atoms with van der Waals surface area (Å²) in [6.45, 7) is 0.695. The standard InChI is InChI=1S/C20H18Cl2N2O3/c21-17-7-5-15-16(19(17)22)6-8-18(15)23-20(25)24(11-13-3-1-9-26-13)12-14-4-2-10-27-14/h1-5,7,9-10,18H,6,8,11-12H2,(H,23,25). The summed E-state index contributed by atoms with van der Waals surface area (Å²) in [7, 11) is 0. The van der Waals surface area contributed by atoms with Crippen LogP contribution in [0.15, 0.2) is 57.8 Å². The van der Waals surface area contributed by atoms with Crippen LogP contribution in [-0.2, 0) is 19.5 Å². The molecule has 1 aromatic carbocycles. The van der Waals surface area contributed by atoms with Crippen LogP contribution in [0.2, 0.25) is 10.0 Å². The lowest BCUT2D eigenvalue weighted by Crippen LogP contribution is -2.40. The maximum absolute atomic E-state index is 13.0. The van der Waals surface area contributed by atoms with Crippen LogP contribution >= 0.6 is 23.2 Å². The molecule has 5 nitrogen and oxygen atoms in total. The average Bonchev–Trinajstić information content (AvgIpc) is 3.40. The summed E-state index contributed by atoms with van der Waals surface area (Å²) in [4.78, 5) is 14.6. The molecule has 0 spiro atoms. The summed E-state index contributed by atoms with van der Waals surface area (Å²) in [5.74, 6) is 1.41. The highest BCUT2D eigenvalue weighted by Crippen LogP contribution is 2.39. The SMILES string of the molecule is O=C(NC1CCc2c1ccc(Cl)c2Cl)N(Cc1ccco1)Cc1ccco1. The molecule has 2 amide bonds. The zero-order chi connectivity index (χ0) is 18.8. The van der Waals surface area contributed by atoms with Gasteiger partial charge in [-0.25, -0.2) is 4.79 Å². The molecule has 0 aliphatic heterocycles. The van der Waals surface area contributed by atoms with Crippen LogP contribution in [0.4, 0.5) is 4.79 Å². The maximum Gasteiger partial charge on any atom is 0.318 e. The summed E-state index contributed by atoms with van der Waals surface area (Å²) in [6, 6.07) is 10.7. The summed E-state index contributed by atoms with van der Waals surface area (Å²) < 4.78 is 10.8. The smallest absolute Gasteiger partial charge is 0.318 e. The molecule has 27 heavy (non-hydrogen) atoms. The summed E-state index contributed by atoms with van der Waals surface area (Å²) in [5, 5.41) is 4.23. The fraction of sp³-hybridized carbons (Fsp3) is 0.250. The minimum Gasteiger partial charge on any atom is -0.467 e. The van der Waals surface area contributed by atoms with Crippen molar-refractivity contribution in [3.8, 4) is 0 Å². The Balaban J connectivity index is 1.51. The van der Waals surface area contributed by atoms with Crippen molar-refractivity contribution >= 4 is 29.2 Å². The van der Waals surface area contributed by atoms with Gasteiger partial charge < -0.3 is 19.1 Å². The van der Waals surface area contributed by atoms with Gasteiger partial charge in [-0.05, 0) is 54.3 Å². The molecule has 3 aromatic rings. The van der Waals surface area contributed by atoms with Crippen LogP contribution in [0.3, 0.4) is 0 Å². The van der Waals surface area contributed by atoms with E-state index in [1.807, 2.05) is 18.2 Å². The maximum atomic E-state index is 13.0. The molecule has 1 atom stereocenters. The van der Waals surface area contributed by atoms with Crippen molar-refractivity contribution in [2.75, 3.05) is 0 Å². The van der Waals surface area contributed by atoms with Crippen LogP contribution in [0.5, 0.6) is 0 Å². The van der Waals surface area contributed by atoms with Gasteiger partial charge in [0, 0.05) is 0 Å². The molecule has 0 radical (unpaired) electrons. The fourth-order valence-electron chi connectivity index (χ4n) is 3.40. The van der Waals surface area contributed by atoms with Gasteiger partial charge in [0.1, 0.15) is 11.5 Å². The Morgan fingerprint density at radius 3 is 2.33 bits per heavy atom. The zero-order valence-corrected chi connectivity index (χ0v) is 16.0. The molecular formula is C20H18Cl2N2O3. The van der Waals surface area contributed by atoms with E-state index >= 15 is 0 Å². The minimum absolute atomic E-state index is 0.0991. The van der Waals surface area contributed by atoms with Crippen molar-refractivity contribution in [3.05, 3.63) is 81.6 Å². The molecule has 4 rings (SSSR count). The van der Waals surface area contributed by atoms with Crippen molar-refractivity contribution in [1.82, 2.24) is 10.2 Å². The van der Waals surface area contributed by atoms with E-state index in [1.165, 1.54) is 0 Å². The highest BCUT2D eigenvalue weighted by atomic mass is 35.5. The van der Waals surface area contributed by atoms with E-state index < -0.39 is 0 Å². The third-order valence-corrected chi connectivity index (χ3v) is 5.57. The van der Waals surface area contributed by atoms with Crippen molar-refractivity contribution < 1.29 is 13.6 Å². The molecule has 1 N–H and O–H groups in total. The molecule has 1 aliphatic carbocycles. The average molecular weight is 405 g/mol. The Labute approximate surface area is 166 Å². The van der Waals surface area contributed by atoms with Gasteiger partial charge in [-0.3, -0.25) is 0 Å². The van der Waals surface area contributed by atoms with E-state index in [1.54, 1.807) is 35.6 Å². The quantitative estimate of drug-likeness (QED) is 0.603. The highest BCUT2D eigenvalue weighted by molar-refractivity contribution is 6.42. The van der Waals surface area contributed by atoms with Gasteiger partial charge >= 0.3 is 6.03 Å². The number of halogens is 2. The lowest BCUT2D eigenvalue weighted by Gasteiger charge is -2.24. The number of amides is 2. The normalized spacial score (nSPS) is 15.6. The van der Waals surface area contributed by atoms with Gasteiger partial charge in [-0.1, -0.05) is 29.3 Å². The lowest BCUT2D eigenvalue weighted by molar-refractivity contribution is 0.178. The number of benzene rings is 1. The summed E-state index contributed by atoms with van der Waals surface area (Å²) in [6.07, 6.45) is 4.76. The van der Waals surface area contributed by atoms with E-state index in [-0.39, 0.29) is 12.1 Å². The molecule has 2 heterocycles. The van der Waals surface area contributed by atoms with Gasteiger partial charge in [0.2, 0.25) is 0 Å². The molecule has 140 valence electrons. The second-order valence-electron chi connectivity index (χ2n) is 6.48. The number of hydrogen-bond donors (Lipinski definition) is 1. The minimum atomic E-state index is -0.188. The monoisotopic (exact) mass is 404 g/mol. The van der Waals surface area contributed by atoms with E-state index in [0.717, 1.165) is 24.0 Å². The van der Waals surface area contributed by atoms with E-state index in [0.29, 0.717) is 34.7 Å². The van der Waals surface area contributed by atoms with Crippen molar-refractivity contribution in [2.24, 2.45) is 0 Å². The topological polar surface area (TPSA) is 58.6 Å². The fourth-order valence-corrected chi connectivity index (χ4v) is 3.85. The Hall–Kier alpha value is -2.37. The summed E-state index contributed by atoms with van der Waals surface area (Å²) in [5.41, 5.74) is 2.03. The van der Waals surface area contributed by atoms with Crippen LogP contribution in [0.25, 0.3) is 0 Å². The number of hydrogen-bond acceptors (Lipinski definition) is 3. The van der Waals surface area contributed by atoms with E-state index in [4.69, 9.17) is 32.0 Å². The van der Waals surface area contributed by atoms with Crippen LogP contribution < -0.4 is 5.32 Å². The Morgan fingerprint density at radius 2 is 1.74 bits per heavy atom. The third-order valence-electron chi connectivity index (χ3n) is 4.73. The molecule has 0 fully saturated rings. The van der Waals surface area contributed by atoms with Gasteiger partial charge in [-0.15, -0.1) is 0 Å². The van der Waals surface area contributed by atoms with Gasteiger partial charge in [0.25, 0.3) is 0 Å². The molecular weight excluding hydrogens is 387 g/mol. The number of nitrogens with one attached hydrogen (secondary N) is 1. The number of carbonyl (C=O) groups is 1. The van der Waals surface area contributed by atoms with E-state index in [9.17, 15) is 4.79 Å². The van der Waals surface area contributed by atoms with Crippen LogP contribution in [0, 0.1) is 0 Å². The number of rotatable bonds is 5. The van der Waals surface area contributed by atoms with Crippen molar-refractivity contribution in [3.63, 3.8) is 0 Å². The van der Waals surface area contributed by atoms with Gasteiger partial charge in [-0.2, -0.15) is 0 Å². The Morgan fingerprint density at radius 1 is 1.07 bits per heavy atom. The van der Waals surface area contributed by atoms with Crippen molar-refractivity contribution in [2.45, 2.75) is 32.0 Å². The summed E-state index contributed by atoms with van der Waals surface area (Å²) >= 11 is 12.4.